The SMILES string of the molecule is COc1cc(C)[nH]c(=O)c1CNC(=O)c1c(C)n(C(C)c2ccnc3ccccc23)c2ccccc12. The molecule has 1 unspecified atom stereocenters. The number of aromatic amines is 1. The first kappa shape index (κ1) is 23.4. The Kier molecular flexibility index (Phi) is 6.06. The standard InChI is InChI=1S/C29H28N4O3/c1-17-15-26(36-4)23(28(34)32-17)16-31-29(35)27-19(3)33(25-12-8-6-10-22(25)27)18(2)20-13-14-30-24-11-7-5-9-21(20)24/h5-15,18H,16H2,1-4H3,(H,31,35)(H,32,34). The van der Waals surface area contributed by atoms with Crippen LogP contribution in [0.2, 0.25) is 0 Å². The number of aryl methyl sites for hydroxylation is 1. The Bertz CT molecular complexity index is 1660. The molecule has 0 saturated heterocycles. The third-order valence-electron chi connectivity index (χ3n) is 6.78. The van der Waals surface area contributed by atoms with Gasteiger partial charge in [0.05, 0.1) is 36.3 Å². The van der Waals surface area contributed by atoms with Crippen molar-refractivity contribution in [2.75, 3.05) is 7.11 Å². The molecule has 1 atom stereocenters. The molecule has 3 aromatic heterocycles. The summed E-state index contributed by atoms with van der Waals surface area (Å²) in [5.74, 6) is 0.213. The summed E-state index contributed by atoms with van der Waals surface area (Å²) in [5.41, 5.74) is 5.30. The molecule has 0 spiro atoms. The van der Waals surface area contributed by atoms with E-state index in [1.807, 2.05) is 61.7 Å². The minimum atomic E-state index is -0.274. The van der Waals surface area contributed by atoms with Crippen LogP contribution in [0.4, 0.5) is 0 Å². The Labute approximate surface area is 208 Å². The average Bonchev–Trinajstić information content (AvgIpc) is 3.18. The van der Waals surface area contributed by atoms with Gasteiger partial charge in [0.1, 0.15) is 5.75 Å². The van der Waals surface area contributed by atoms with Crippen molar-refractivity contribution in [3.8, 4) is 5.75 Å². The number of methoxy groups -OCH3 is 1. The van der Waals surface area contributed by atoms with Crippen molar-refractivity contribution in [2.24, 2.45) is 0 Å². The molecule has 0 radical (unpaired) electrons. The van der Waals surface area contributed by atoms with Gasteiger partial charge in [-0.3, -0.25) is 14.6 Å². The highest BCUT2D eigenvalue weighted by Gasteiger charge is 2.24. The molecular formula is C29H28N4O3. The first-order chi connectivity index (χ1) is 17.4. The third kappa shape index (κ3) is 3.92. The number of pyridine rings is 2. The van der Waals surface area contributed by atoms with Gasteiger partial charge in [0.25, 0.3) is 11.5 Å². The number of H-pyrrole nitrogens is 1. The molecular weight excluding hydrogens is 452 g/mol. The molecule has 182 valence electrons. The Morgan fingerprint density at radius 1 is 1.08 bits per heavy atom. The summed E-state index contributed by atoms with van der Waals surface area (Å²) < 4.78 is 7.58. The second-order valence-corrected chi connectivity index (χ2v) is 8.95. The molecule has 0 aliphatic heterocycles. The van der Waals surface area contributed by atoms with Gasteiger partial charge in [0.2, 0.25) is 0 Å². The van der Waals surface area contributed by atoms with Gasteiger partial charge in [0.15, 0.2) is 0 Å². The average molecular weight is 481 g/mol. The van der Waals surface area contributed by atoms with E-state index in [0.717, 1.165) is 33.1 Å². The van der Waals surface area contributed by atoms with Crippen molar-refractivity contribution < 1.29 is 9.53 Å². The Morgan fingerprint density at radius 2 is 1.81 bits per heavy atom. The second kappa shape index (κ2) is 9.34. The largest absolute Gasteiger partial charge is 0.496 e. The van der Waals surface area contributed by atoms with Crippen molar-refractivity contribution in [1.29, 1.82) is 0 Å². The van der Waals surface area contributed by atoms with E-state index in [0.29, 0.717) is 22.6 Å². The maximum Gasteiger partial charge on any atom is 0.256 e. The van der Waals surface area contributed by atoms with E-state index >= 15 is 0 Å². The van der Waals surface area contributed by atoms with Crippen molar-refractivity contribution in [1.82, 2.24) is 19.9 Å². The van der Waals surface area contributed by atoms with Crippen LogP contribution < -0.4 is 15.6 Å². The summed E-state index contributed by atoms with van der Waals surface area (Å²) in [6.45, 7) is 5.95. The lowest BCUT2D eigenvalue weighted by molar-refractivity contribution is 0.0951. The van der Waals surface area contributed by atoms with Crippen LogP contribution in [0.1, 0.15) is 45.8 Å². The molecule has 7 heteroatoms. The summed E-state index contributed by atoms with van der Waals surface area (Å²) in [7, 11) is 1.52. The molecule has 0 saturated carbocycles. The van der Waals surface area contributed by atoms with E-state index in [1.54, 1.807) is 13.0 Å². The molecule has 1 amide bonds. The number of para-hydroxylation sites is 2. The molecule has 36 heavy (non-hydrogen) atoms. The van der Waals surface area contributed by atoms with Crippen molar-refractivity contribution in [3.63, 3.8) is 0 Å². The topological polar surface area (TPSA) is 89.0 Å². The van der Waals surface area contributed by atoms with Crippen LogP contribution in [-0.4, -0.2) is 27.6 Å². The minimum absolute atomic E-state index is 0.0376. The first-order valence-electron chi connectivity index (χ1n) is 11.9. The van der Waals surface area contributed by atoms with Crippen LogP contribution in [0.25, 0.3) is 21.8 Å². The van der Waals surface area contributed by atoms with Crippen LogP contribution in [0, 0.1) is 13.8 Å². The predicted molar refractivity (Wildman–Crippen MR) is 142 cm³/mol. The summed E-state index contributed by atoms with van der Waals surface area (Å²) in [6, 6.07) is 19.7. The van der Waals surface area contributed by atoms with Gasteiger partial charge in [-0.15, -0.1) is 0 Å². The van der Waals surface area contributed by atoms with Gasteiger partial charge >= 0.3 is 0 Å². The number of amides is 1. The number of hydrogen-bond donors (Lipinski definition) is 2. The molecule has 0 fully saturated rings. The molecule has 5 rings (SSSR count). The Morgan fingerprint density at radius 3 is 2.58 bits per heavy atom. The molecule has 5 aromatic rings. The van der Waals surface area contributed by atoms with Gasteiger partial charge < -0.3 is 19.6 Å². The highest BCUT2D eigenvalue weighted by Crippen LogP contribution is 2.34. The molecule has 3 heterocycles. The van der Waals surface area contributed by atoms with Crippen LogP contribution in [0.3, 0.4) is 0 Å². The first-order valence-corrected chi connectivity index (χ1v) is 11.9. The maximum atomic E-state index is 13.5. The quantitative estimate of drug-likeness (QED) is 0.356. The zero-order valence-corrected chi connectivity index (χ0v) is 20.8. The van der Waals surface area contributed by atoms with Crippen molar-refractivity contribution in [3.05, 3.63) is 105 Å². The van der Waals surface area contributed by atoms with Gasteiger partial charge in [-0.2, -0.15) is 0 Å². The van der Waals surface area contributed by atoms with Gasteiger partial charge in [0, 0.05) is 33.9 Å². The van der Waals surface area contributed by atoms with Crippen LogP contribution in [0.5, 0.6) is 5.75 Å². The van der Waals surface area contributed by atoms with Crippen LogP contribution in [-0.2, 0) is 6.54 Å². The number of carbonyl (C=O) groups excluding carboxylic acids is 1. The summed E-state index contributed by atoms with van der Waals surface area (Å²) in [5, 5.41) is 4.89. The Hall–Kier alpha value is -4.39. The van der Waals surface area contributed by atoms with E-state index in [2.05, 4.69) is 32.8 Å². The summed E-state index contributed by atoms with van der Waals surface area (Å²) in [6.07, 6.45) is 1.83. The summed E-state index contributed by atoms with van der Waals surface area (Å²) >= 11 is 0. The van der Waals surface area contributed by atoms with E-state index < -0.39 is 0 Å². The smallest absolute Gasteiger partial charge is 0.256 e. The maximum absolute atomic E-state index is 13.5. The molecule has 0 bridgehead atoms. The number of carbonyl (C=O) groups is 1. The molecule has 0 aliphatic carbocycles. The molecule has 0 aliphatic rings. The lowest BCUT2D eigenvalue weighted by atomic mass is 10.0. The fourth-order valence-corrected chi connectivity index (χ4v) is 5.09. The van der Waals surface area contributed by atoms with E-state index in [1.165, 1.54) is 7.11 Å². The zero-order chi connectivity index (χ0) is 25.4. The lowest BCUT2D eigenvalue weighted by Crippen LogP contribution is -2.28. The second-order valence-electron chi connectivity index (χ2n) is 8.95. The summed E-state index contributed by atoms with van der Waals surface area (Å²) in [4.78, 5) is 33.3. The number of fused-ring (bicyclic) bond motifs is 2. The number of aromatic nitrogens is 3. The number of nitrogens with zero attached hydrogens (tertiary/aromatic N) is 2. The Balaban J connectivity index is 1.56. The highest BCUT2D eigenvalue weighted by atomic mass is 16.5. The minimum Gasteiger partial charge on any atom is -0.496 e. The van der Waals surface area contributed by atoms with E-state index in [9.17, 15) is 9.59 Å². The number of hydrogen-bond acceptors (Lipinski definition) is 4. The van der Waals surface area contributed by atoms with Gasteiger partial charge in [-0.25, -0.2) is 0 Å². The monoisotopic (exact) mass is 480 g/mol. The zero-order valence-electron chi connectivity index (χ0n) is 20.8. The number of rotatable bonds is 6. The third-order valence-corrected chi connectivity index (χ3v) is 6.78. The molecule has 7 nitrogen and oxygen atoms in total. The molecule has 2 N–H and O–H groups in total. The fourth-order valence-electron chi connectivity index (χ4n) is 5.09. The van der Waals surface area contributed by atoms with E-state index in [4.69, 9.17) is 4.74 Å². The fraction of sp³-hybridized carbons (Fsp3) is 0.207. The van der Waals surface area contributed by atoms with E-state index in [-0.39, 0.29) is 24.1 Å². The van der Waals surface area contributed by atoms with Gasteiger partial charge in [-0.1, -0.05) is 36.4 Å². The normalized spacial score (nSPS) is 12.1. The highest BCUT2D eigenvalue weighted by molar-refractivity contribution is 6.08. The van der Waals surface area contributed by atoms with Gasteiger partial charge in [-0.05, 0) is 50.6 Å². The predicted octanol–water partition coefficient (Wildman–Crippen LogP) is 5.04. The van der Waals surface area contributed by atoms with Crippen molar-refractivity contribution >= 4 is 27.7 Å². The number of nitrogens with one attached hydrogen (secondary N) is 2. The van der Waals surface area contributed by atoms with Crippen LogP contribution in [0.15, 0.2) is 71.7 Å². The van der Waals surface area contributed by atoms with Crippen LogP contribution >= 0.6 is 0 Å². The lowest BCUT2D eigenvalue weighted by Gasteiger charge is -2.20. The number of ether oxygens (including phenoxy) is 1. The number of benzene rings is 2. The van der Waals surface area contributed by atoms with Crippen molar-refractivity contribution in [2.45, 2.75) is 33.4 Å². The molecule has 2 aromatic carbocycles.